The Bertz CT molecular complexity index is 741. The summed E-state index contributed by atoms with van der Waals surface area (Å²) in [6.45, 7) is 5.85. The average molecular weight is 360 g/mol. The average Bonchev–Trinajstić information content (AvgIpc) is 2.60. The van der Waals surface area contributed by atoms with E-state index in [1.165, 1.54) is 6.21 Å². The van der Waals surface area contributed by atoms with Gasteiger partial charge in [0.25, 0.3) is 0 Å². The lowest BCUT2D eigenvalue weighted by Crippen LogP contribution is -2.21. The van der Waals surface area contributed by atoms with E-state index >= 15 is 0 Å². The molecule has 0 bridgehead atoms. The number of hydrazone groups is 1. The smallest absolute Gasteiger partial charge is 0.244 e. The first-order valence-corrected chi connectivity index (χ1v) is 8.55. The van der Waals surface area contributed by atoms with Gasteiger partial charge in [-0.2, -0.15) is 5.10 Å². The van der Waals surface area contributed by atoms with Gasteiger partial charge in [0.2, 0.25) is 5.91 Å². The summed E-state index contributed by atoms with van der Waals surface area (Å²) in [6, 6.07) is 12.5. The molecule has 0 heterocycles. The molecule has 0 unspecified atom stereocenters. The maximum absolute atomic E-state index is 11.9. The van der Waals surface area contributed by atoms with Crippen molar-refractivity contribution in [3.05, 3.63) is 58.6 Å². The van der Waals surface area contributed by atoms with Crippen LogP contribution < -0.4 is 10.3 Å². The van der Waals surface area contributed by atoms with Crippen LogP contribution in [0.4, 0.5) is 5.69 Å². The molecule has 0 aliphatic rings. The lowest BCUT2D eigenvalue weighted by Gasteiger charge is -2.21. The second-order valence-corrected chi connectivity index (χ2v) is 5.95. The molecule has 0 aliphatic carbocycles. The quantitative estimate of drug-likeness (QED) is 0.586. The van der Waals surface area contributed by atoms with Gasteiger partial charge >= 0.3 is 0 Å². The van der Waals surface area contributed by atoms with Gasteiger partial charge in [0.1, 0.15) is 5.75 Å². The Kier molecular flexibility index (Phi) is 6.83. The van der Waals surface area contributed by atoms with Crippen LogP contribution in [0.2, 0.25) is 5.02 Å². The molecule has 0 spiro atoms. The van der Waals surface area contributed by atoms with E-state index in [-0.39, 0.29) is 18.1 Å². The summed E-state index contributed by atoms with van der Waals surface area (Å²) >= 11 is 5.81. The molecular formula is C19H22ClN3O2. The molecule has 6 heteroatoms. The van der Waals surface area contributed by atoms with E-state index in [1.807, 2.05) is 6.07 Å². The molecular weight excluding hydrogens is 338 g/mol. The van der Waals surface area contributed by atoms with Gasteiger partial charge in [-0.1, -0.05) is 23.7 Å². The SMILES string of the molecule is CCN(CC)c1ccc(C=NNC(=O)Cc2ccc(Cl)cc2)c(O)c1. The fraction of sp³-hybridized carbons (Fsp3) is 0.263. The molecule has 2 N–H and O–H groups in total. The number of hydrogen-bond acceptors (Lipinski definition) is 4. The topological polar surface area (TPSA) is 64.9 Å². The zero-order valence-corrected chi connectivity index (χ0v) is 15.1. The molecule has 5 nitrogen and oxygen atoms in total. The Morgan fingerprint density at radius 2 is 1.88 bits per heavy atom. The summed E-state index contributed by atoms with van der Waals surface area (Å²) in [5.41, 5.74) is 4.80. The number of nitrogens with one attached hydrogen (secondary N) is 1. The standard InChI is InChI=1S/C19H22ClN3O2/c1-3-23(4-2)17-10-7-15(18(24)12-17)13-21-22-19(25)11-14-5-8-16(20)9-6-14/h5-10,12-13,24H,3-4,11H2,1-2H3,(H,22,25). The number of phenols is 1. The van der Waals surface area contributed by atoms with Crippen molar-refractivity contribution >= 4 is 29.4 Å². The molecule has 0 saturated carbocycles. The van der Waals surface area contributed by atoms with Gasteiger partial charge in [-0.3, -0.25) is 4.79 Å². The monoisotopic (exact) mass is 359 g/mol. The molecule has 25 heavy (non-hydrogen) atoms. The fourth-order valence-corrected chi connectivity index (χ4v) is 2.55. The van der Waals surface area contributed by atoms with Gasteiger partial charge in [0.05, 0.1) is 12.6 Å². The lowest BCUT2D eigenvalue weighted by atomic mass is 10.1. The summed E-state index contributed by atoms with van der Waals surface area (Å²) in [5, 5.41) is 14.7. The van der Waals surface area contributed by atoms with E-state index in [0.29, 0.717) is 10.6 Å². The summed E-state index contributed by atoms with van der Waals surface area (Å²) in [5.74, 6) is -0.113. The highest BCUT2D eigenvalue weighted by Crippen LogP contribution is 2.23. The van der Waals surface area contributed by atoms with E-state index < -0.39 is 0 Å². The second-order valence-electron chi connectivity index (χ2n) is 5.51. The zero-order valence-electron chi connectivity index (χ0n) is 14.4. The molecule has 0 fully saturated rings. The van der Waals surface area contributed by atoms with Crippen LogP contribution in [0.25, 0.3) is 0 Å². The minimum atomic E-state index is -0.238. The molecule has 2 rings (SSSR count). The number of anilines is 1. The summed E-state index contributed by atoms with van der Waals surface area (Å²) in [4.78, 5) is 14.0. The van der Waals surface area contributed by atoms with E-state index in [2.05, 4.69) is 29.3 Å². The van der Waals surface area contributed by atoms with Crippen molar-refractivity contribution in [2.75, 3.05) is 18.0 Å². The van der Waals surface area contributed by atoms with Crippen LogP contribution in [0.3, 0.4) is 0 Å². The number of halogens is 1. The lowest BCUT2D eigenvalue weighted by molar-refractivity contribution is -0.120. The van der Waals surface area contributed by atoms with Crippen LogP contribution in [0.1, 0.15) is 25.0 Å². The van der Waals surface area contributed by atoms with Crippen LogP contribution >= 0.6 is 11.6 Å². The first-order chi connectivity index (χ1) is 12.0. The van der Waals surface area contributed by atoms with Crippen molar-refractivity contribution in [1.82, 2.24) is 5.43 Å². The van der Waals surface area contributed by atoms with E-state index in [1.54, 1.807) is 36.4 Å². The number of amides is 1. The number of benzene rings is 2. The Hall–Kier alpha value is -2.53. The number of rotatable bonds is 7. The Morgan fingerprint density at radius 1 is 1.20 bits per heavy atom. The van der Waals surface area contributed by atoms with Gasteiger partial charge in [0, 0.05) is 35.4 Å². The summed E-state index contributed by atoms with van der Waals surface area (Å²) in [6.07, 6.45) is 1.64. The molecule has 2 aromatic carbocycles. The summed E-state index contributed by atoms with van der Waals surface area (Å²) in [7, 11) is 0. The normalized spacial score (nSPS) is 10.8. The van der Waals surface area contributed by atoms with Crippen molar-refractivity contribution in [2.24, 2.45) is 5.10 Å². The van der Waals surface area contributed by atoms with Gasteiger partial charge in [-0.05, 0) is 43.7 Å². The van der Waals surface area contributed by atoms with Crippen LogP contribution in [0, 0.1) is 0 Å². The summed E-state index contributed by atoms with van der Waals surface area (Å²) < 4.78 is 0. The van der Waals surface area contributed by atoms with Gasteiger partial charge in [-0.25, -0.2) is 5.43 Å². The van der Waals surface area contributed by atoms with Crippen molar-refractivity contribution < 1.29 is 9.90 Å². The van der Waals surface area contributed by atoms with Crippen LogP contribution in [-0.4, -0.2) is 30.3 Å². The first kappa shape index (κ1) is 18.8. The molecule has 0 aliphatic heterocycles. The van der Waals surface area contributed by atoms with E-state index in [9.17, 15) is 9.90 Å². The predicted molar refractivity (Wildman–Crippen MR) is 103 cm³/mol. The number of aromatic hydroxyl groups is 1. The second kappa shape index (κ2) is 9.08. The third-order valence-electron chi connectivity index (χ3n) is 3.81. The molecule has 132 valence electrons. The third-order valence-corrected chi connectivity index (χ3v) is 4.07. The molecule has 0 radical (unpaired) electrons. The maximum atomic E-state index is 11.9. The van der Waals surface area contributed by atoms with E-state index in [4.69, 9.17) is 11.6 Å². The van der Waals surface area contributed by atoms with E-state index in [0.717, 1.165) is 24.3 Å². The fourth-order valence-electron chi connectivity index (χ4n) is 2.43. The van der Waals surface area contributed by atoms with Gasteiger partial charge in [0.15, 0.2) is 0 Å². The Labute approximate surface area is 152 Å². The zero-order chi connectivity index (χ0) is 18.2. The largest absolute Gasteiger partial charge is 0.507 e. The number of carbonyl (C=O) groups is 1. The van der Waals surface area contributed by atoms with Crippen LogP contribution in [0.15, 0.2) is 47.6 Å². The number of hydrogen-bond donors (Lipinski definition) is 2. The van der Waals surface area contributed by atoms with Crippen molar-refractivity contribution in [3.63, 3.8) is 0 Å². The Balaban J connectivity index is 1.95. The minimum absolute atomic E-state index is 0.125. The highest BCUT2D eigenvalue weighted by Gasteiger charge is 2.06. The van der Waals surface area contributed by atoms with Gasteiger partial charge in [-0.15, -0.1) is 0 Å². The number of carbonyl (C=O) groups excluding carboxylic acids is 1. The first-order valence-electron chi connectivity index (χ1n) is 8.17. The molecule has 0 atom stereocenters. The van der Waals surface area contributed by atoms with Gasteiger partial charge < -0.3 is 10.0 Å². The highest BCUT2D eigenvalue weighted by atomic mass is 35.5. The molecule has 1 amide bonds. The van der Waals surface area contributed by atoms with Crippen molar-refractivity contribution in [1.29, 1.82) is 0 Å². The number of phenolic OH excluding ortho intramolecular Hbond substituents is 1. The van der Waals surface area contributed by atoms with Crippen molar-refractivity contribution in [2.45, 2.75) is 20.3 Å². The molecule has 0 aromatic heterocycles. The highest BCUT2D eigenvalue weighted by molar-refractivity contribution is 6.30. The predicted octanol–water partition coefficient (Wildman–Crippen LogP) is 3.58. The third kappa shape index (κ3) is 5.50. The number of nitrogens with zero attached hydrogens (tertiary/aromatic N) is 2. The van der Waals surface area contributed by atoms with Crippen LogP contribution in [-0.2, 0) is 11.2 Å². The van der Waals surface area contributed by atoms with Crippen LogP contribution in [0.5, 0.6) is 5.75 Å². The maximum Gasteiger partial charge on any atom is 0.244 e. The molecule has 2 aromatic rings. The van der Waals surface area contributed by atoms with Crippen molar-refractivity contribution in [3.8, 4) is 5.75 Å². The molecule has 0 saturated heterocycles. The minimum Gasteiger partial charge on any atom is -0.507 e. The Morgan fingerprint density at radius 3 is 2.48 bits per heavy atom.